The van der Waals surface area contributed by atoms with E-state index in [9.17, 15) is 14.9 Å². The van der Waals surface area contributed by atoms with Crippen LogP contribution >= 0.6 is 11.6 Å². The monoisotopic (exact) mass is 437 g/mol. The van der Waals surface area contributed by atoms with Crippen LogP contribution in [0.4, 0.5) is 5.69 Å². The van der Waals surface area contributed by atoms with Crippen LogP contribution in [0.5, 0.6) is 17.2 Å². The van der Waals surface area contributed by atoms with E-state index in [0.717, 1.165) is 5.56 Å². The summed E-state index contributed by atoms with van der Waals surface area (Å²) in [7, 11) is 7.65. The molecule has 0 bridgehead atoms. The standard InChI is InChI=1S/C20H24ClN3O6/c1-23(2)15(12-8-6-7-9-14(12)21)11-22-20(25)13-10-16(28-3)18(29-4)19(30-5)17(13)24(26)27/h6-10,15H,11H2,1-5H3,(H,22,25). The lowest BCUT2D eigenvalue weighted by molar-refractivity contribution is -0.386. The third kappa shape index (κ3) is 4.74. The first-order valence-corrected chi connectivity index (χ1v) is 9.30. The van der Waals surface area contributed by atoms with E-state index >= 15 is 0 Å². The molecule has 2 rings (SSSR count). The number of rotatable bonds is 9. The lowest BCUT2D eigenvalue weighted by Gasteiger charge is -2.26. The number of nitrogens with zero attached hydrogens (tertiary/aromatic N) is 2. The van der Waals surface area contributed by atoms with Gasteiger partial charge in [-0.15, -0.1) is 0 Å². The molecule has 0 aliphatic carbocycles. The average Bonchev–Trinajstić information content (AvgIpc) is 2.72. The van der Waals surface area contributed by atoms with Gasteiger partial charge in [0.05, 0.1) is 32.3 Å². The van der Waals surface area contributed by atoms with Gasteiger partial charge >= 0.3 is 5.69 Å². The van der Waals surface area contributed by atoms with Crippen molar-refractivity contribution < 1.29 is 23.9 Å². The first-order chi connectivity index (χ1) is 14.3. The number of carbonyl (C=O) groups is 1. The molecule has 9 nitrogen and oxygen atoms in total. The second-order valence-corrected chi connectivity index (χ2v) is 6.92. The fourth-order valence-corrected chi connectivity index (χ4v) is 3.36. The number of ether oxygens (including phenoxy) is 3. The van der Waals surface area contributed by atoms with Crippen molar-refractivity contribution >= 4 is 23.2 Å². The fraction of sp³-hybridized carbons (Fsp3) is 0.350. The molecule has 0 saturated heterocycles. The highest BCUT2D eigenvalue weighted by molar-refractivity contribution is 6.31. The van der Waals surface area contributed by atoms with Gasteiger partial charge in [0.15, 0.2) is 5.75 Å². The minimum absolute atomic E-state index is 0.0329. The van der Waals surface area contributed by atoms with Gasteiger partial charge in [-0.25, -0.2) is 0 Å². The Morgan fingerprint density at radius 3 is 2.30 bits per heavy atom. The molecule has 0 aromatic heterocycles. The number of carbonyl (C=O) groups excluding carboxylic acids is 1. The number of hydrogen-bond acceptors (Lipinski definition) is 7. The van der Waals surface area contributed by atoms with Crippen LogP contribution in [0, 0.1) is 10.1 Å². The Morgan fingerprint density at radius 2 is 1.80 bits per heavy atom. The average molecular weight is 438 g/mol. The predicted octanol–water partition coefficient (Wildman–Crippen LogP) is 3.31. The van der Waals surface area contributed by atoms with Gasteiger partial charge in [-0.05, 0) is 25.7 Å². The molecular formula is C20H24ClN3O6. The molecule has 0 aliphatic heterocycles. The quantitative estimate of drug-likeness (QED) is 0.474. The number of hydrogen-bond donors (Lipinski definition) is 1. The summed E-state index contributed by atoms with van der Waals surface area (Å²) in [4.78, 5) is 25.8. The van der Waals surface area contributed by atoms with Crippen LogP contribution in [0.2, 0.25) is 5.02 Å². The van der Waals surface area contributed by atoms with Crippen molar-refractivity contribution in [2.24, 2.45) is 0 Å². The summed E-state index contributed by atoms with van der Waals surface area (Å²) in [5.74, 6) is -0.673. The van der Waals surface area contributed by atoms with Crippen LogP contribution in [0.25, 0.3) is 0 Å². The van der Waals surface area contributed by atoms with Gasteiger partial charge in [0.1, 0.15) is 5.56 Å². The highest BCUT2D eigenvalue weighted by Gasteiger charge is 2.32. The molecule has 0 aliphatic rings. The minimum Gasteiger partial charge on any atom is -0.493 e. The molecule has 1 N–H and O–H groups in total. The summed E-state index contributed by atoms with van der Waals surface area (Å²) < 4.78 is 15.6. The Balaban J connectivity index is 2.42. The summed E-state index contributed by atoms with van der Waals surface area (Å²) in [6, 6.07) is 8.30. The lowest BCUT2D eigenvalue weighted by atomic mass is 10.1. The van der Waals surface area contributed by atoms with E-state index in [1.165, 1.54) is 27.4 Å². The molecule has 0 fully saturated rings. The molecule has 2 aromatic rings. The van der Waals surface area contributed by atoms with Crippen molar-refractivity contribution in [1.29, 1.82) is 0 Å². The molecular weight excluding hydrogens is 414 g/mol. The highest BCUT2D eigenvalue weighted by atomic mass is 35.5. The summed E-state index contributed by atoms with van der Waals surface area (Å²) >= 11 is 6.30. The van der Waals surface area contributed by atoms with E-state index < -0.39 is 16.5 Å². The number of halogens is 1. The van der Waals surface area contributed by atoms with E-state index in [1.807, 2.05) is 37.2 Å². The minimum atomic E-state index is -0.687. The van der Waals surface area contributed by atoms with Crippen molar-refractivity contribution in [3.05, 3.63) is 56.6 Å². The van der Waals surface area contributed by atoms with Gasteiger partial charge in [0.2, 0.25) is 11.5 Å². The number of amides is 1. The Labute approximate surface area is 179 Å². The number of nitro benzene ring substituents is 1. The normalized spacial score (nSPS) is 11.7. The number of benzene rings is 2. The molecule has 162 valence electrons. The maximum Gasteiger partial charge on any atom is 0.327 e. The van der Waals surface area contributed by atoms with Gasteiger partial charge in [-0.1, -0.05) is 29.8 Å². The first-order valence-electron chi connectivity index (χ1n) is 8.93. The van der Waals surface area contributed by atoms with Crippen molar-refractivity contribution in [1.82, 2.24) is 10.2 Å². The maximum atomic E-state index is 12.9. The first kappa shape index (κ1) is 23.2. The Kier molecular flexibility index (Phi) is 7.85. The number of likely N-dealkylation sites (N-methyl/N-ethyl adjacent to an activating group) is 1. The summed E-state index contributed by atoms with van der Waals surface area (Å²) in [5, 5.41) is 15.0. The fourth-order valence-electron chi connectivity index (χ4n) is 3.10. The van der Waals surface area contributed by atoms with Gasteiger partial charge in [-0.3, -0.25) is 14.9 Å². The van der Waals surface area contributed by atoms with Crippen LogP contribution < -0.4 is 19.5 Å². The van der Waals surface area contributed by atoms with Gasteiger partial charge in [0.25, 0.3) is 5.91 Å². The van der Waals surface area contributed by atoms with Gasteiger partial charge in [-0.2, -0.15) is 0 Å². The predicted molar refractivity (Wildman–Crippen MR) is 113 cm³/mol. The van der Waals surface area contributed by atoms with Gasteiger partial charge < -0.3 is 24.4 Å². The number of nitrogens with one attached hydrogen (secondary N) is 1. The van der Waals surface area contributed by atoms with Crippen molar-refractivity contribution in [3.8, 4) is 17.2 Å². The molecule has 2 aromatic carbocycles. The summed E-state index contributed by atoms with van der Waals surface area (Å²) in [5.41, 5.74) is 0.113. The molecule has 1 unspecified atom stereocenters. The number of methoxy groups -OCH3 is 3. The summed E-state index contributed by atoms with van der Waals surface area (Å²) in [6.45, 7) is 0.170. The van der Waals surface area contributed by atoms with Crippen LogP contribution in [-0.4, -0.2) is 57.7 Å². The topological polar surface area (TPSA) is 103 Å². The Hall–Kier alpha value is -3.04. The molecule has 1 amide bonds. The summed E-state index contributed by atoms with van der Waals surface area (Å²) in [6.07, 6.45) is 0. The zero-order valence-corrected chi connectivity index (χ0v) is 18.1. The van der Waals surface area contributed by atoms with E-state index in [0.29, 0.717) is 5.02 Å². The van der Waals surface area contributed by atoms with Crippen LogP contribution in [0.15, 0.2) is 30.3 Å². The smallest absolute Gasteiger partial charge is 0.327 e. The third-order valence-corrected chi connectivity index (χ3v) is 4.92. The second-order valence-electron chi connectivity index (χ2n) is 6.51. The van der Waals surface area contributed by atoms with E-state index in [2.05, 4.69) is 5.32 Å². The second kappa shape index (κ2) is 10.1. The molecule has 0 heterocycles. The van der Waals surface area contributed by atoms with E-state index in [-0.39, 0.29) is 35.4 Å². The zero-order valence-electron chi connectivity index (χ0n) is 17.4. The van der Waals surface area contributed by atoms with Crippen LogP contribution in [0.3, 0.4) is 0 Å². The zero-order chi connectivity index (χ0) is 22.4. The van der Waals surface area contributed by atoms with Crippen molar-refractivity contribution in [3.63, 3.8) is 0 Å². The Morgan fingerprint density at radius 1 is 1.17 bits per heavy atom. The molecule has 30 heavy (non-hydrogen) atoms. The molecule has 0 spiro atoms. The van der Waals surface area contributed by atoms with Crippen molar-refractivity contribution in [2.45, 2.75) is 6.04 Å². The third-order valence-electron chi connectivity index (χ3n) is 4.57. The van der Waals surface area contributed by atoms with Crippen LogP contribution in [-0.2, 0) is 0 Å². The molecule has 0 radical (unpaired) electrons. The highest BCUT2D eigenvalue weighted by Crippen LogP contribution is 2.46. The largest absolute Gasteiger partial charge is 0.493 e. The van der Waals surface area contributed by atoms with Gasteiger partial charge in [0, 0.05) is 17.6 Å². The van der Waals surface area contributed by atoms with E-state index in [1.54, 1.807) is 6.07 Å². The number of nitro groups is 1. The maximum absolute atomic E-state index is 12.9. The molecule has 0 saturated carbocycles. The lowest BCUT2D eigenvalue weighted by Crippen LogP contribution is -2.35. The van der Waals surface area contributed by atoms with E-state index in [4.69, 9.17) is 25.8 Å². The Bertz CT molecular complexity index is 935. The molecule has 1 atom stereocenters. The van der Waals surface area contributed by atoms with Crippen LogP contribution in [0.1, 0.15) is 22.0 Å². The molecule has 10 heteroatoms. The SMILES string of the molecule is COc1cc(C(=O)NCC(c2ccccc2Cl)N(C)C)c([N+](=O)[O-])c(OC)c1OC. The van der Waals surface area contributed by atoms with Crippen molar-refractivity contribution in [2.75, 3.05) is 42.0 Å².